The number of aromatic nitrogens is 2. The van der Waals surface area contributed by atoms with Crippen molar-refractivity contribution < 1.29 is 5.11 Å². The molecule has 3 nitrogen and oxygen atoms in total. The third kappa shape index (κ3) is 1.32. The second kappa shape index (κ2) is 2.83. The lowest BCUT2D eigenvalue weighted by Gasteiger charge is -2.18. The predicted molar refractivity (Wildman–Crippen MR) is 44.8 cm³/mol. The summed E-state index contributed by atoms with van der Waals surface area (Å²) in [6.07, 6.45) is 4.09. The Morgan fingerprint density at radius 1 is 1.58 bits per heavy atom. The van der Waals surface area contributed by atoms with Crippen LogP contribution in [0.5, 0.6) is 0 Å². The second-order valence-electron chi connectivity index (χ2n) is 3.29. The topological polar surface area (TPSA) is 46.0 Å². The molecule has 0 aromatic carbocycles. The quantitative estimate of drug-likeness (QED) is 0.612. The fraction of sp³-hybridized carbons (Fsp3) is 0.556. The Balaban J connectivity index is 2.37. The molecule has 1 heterocycles. The minimum absolute atomic E-state index is 0.191. The van der Waals surface area contributed by atoms with Gasteiger partial charge in [0.1, 0.15) is 5.82 Å². The number of hydrogen-bond acceptors (Lipinski definition) is 3. The molecule has 0 amide bonds. The van der Waals surface area contributed by atoms with Gasteiger partial charge in [0.25, 0.3) is 0 Å². The summed E-state index contributed by atoms with van der Waals surface area (Å²) in [5, 5.41) is 9.37. The van der Waals surface area contributed by atoms with Gasteiger partial charge in [0.15, 0.2) is 0 Å². The van der Waals surface area contributed by atoms with Crippen LogP contribution in [-0.4, -0.2) is 21.2 Å². The molecule has 2 rings (SSSR count). The number of aliphatic hydroxyl groups is 1. The summed E-state index contributed by atoms with van der Waals surface area (Å²) in [4.78, 5) is 8.43. The molecular formula is C9H12N2O. The van der Waals surface area contributed by atoms with Crippen LogP contribution in [0, 0.1) is 6.92 Å². The van der Waals surface area contributed by atoms with E-state index in [9.17, 15) is 5.11 Å². The van der Waals surface area contributed by atoms with Gasteiger partial charge in [-0.1, -0.05) is 0 Å². The maximum absolute atomic E-state index is 9.37. The van der Waals surface area contributed by atoms with Crippen molar-refractivity contribution >= 4 is 0 Å². The lowest BCUT2D eigenvalue weighted by atomic mass is 9.95. The molecule has 0 bridgehead atoms. The number of nitrogens with zero attached hydrogens (tertiary/aromatic N) is 2. The number of aryl methyl sites for hydroxylation is 2. The van der Waals surface area contributed by atoms with E-state index in [1.807, 2.05) is 13.1 Å². The van der Waals surface area contributed by atoms with E-state index in [0.717, 1.165) is 36.3 Å². The highest BCUT2D eigenvalue weighted by atomic mass is 16.3. The first-order chi connectivity index (χ1) is 5.75. The lowest BCUT2D eigenvalue weighted by Crippen LogP contribution is -2.20. The van der Waals surface area contributed by atoms with Crippen LogP contribution in [0.15, 0.2) is 6.20 Å². The van der Waals surface area contributed by atoms with E-state index in [-0.39, 0.29) is 6.10 Å². The molecule has 0 saturated heterocycles. The van der Waals surface area contributed by atoms with Gasteiger partial charge in [-0.2, -0.15) is 0 Å². The molecule has 0 unspecified atom stereocenters. The van der Waals surface area contributed by atoms with E-state index in [2.05, 4.69) is 9.97 Å². The summed E-state index contributed by atoms with van der Waals surface area (Å²) in [7, 11) is 0. The third-order valence-corrected chi connectivity index (χ3v) is 2.24. The van der Waals surface area contributed by atoms with E-state index in [0.29, 0.717) is 0 Å². The Labute approximate surface area is 71.5 Å². The van der Waals surface area contributed by atoms with E-state index in [1.54, 1.807) is 0 Å². The van der Waals surface area contributed by atoms with Crippen LogP contribution >= 0.6 is 0 Å². The number of aliphatic hydroxyl groups excluding tert-OH is 1. The van der Waals surface area contributed by atoms with Crippen LogP contribution in [0.3, 0.4) is 0 Å². The normalized spacial score (nSPS) is 22.0. The van der Waals surface area contributed by atoms with Crippen LogP contribution in [0.1, 0.15) is 23.5 Å². The average Bonchev–Trinajstić information content (AvgIpc) is 2.05. The molecule has 1 aliphatic rings. The fourth-order valence-corrected chi connectivity index (χ4v) is 1.59. The summed E-state index contributed by atoms with van der Waals surface area (Å²) in [5.74, 6) is 0.824. The SMILES string of the molecule is Cc1ncc2c(n1)CC[C@@H](O)C2. The molecule has 1 N–H and O–H groups in total. The van der Waals surface area contributed by atoms with Crippen molar-refractivity contribution in [3.8, 4) is 0 Å². The molecule has 1 aliphatic carbocycles. The molecule has 0 saturated carbocycles. The zero-order chi connectivity index (χ0) is 8.55. The van der Waals surface area contributed by atoms with Crippen LogP contribution in [-0.2, 0) is 12.8 Å². The second-order valence-corrected chi connectivity index (χ2v) is 3.29. The standard InChI is InChI=1S/C9H12N2O/c1-6-10-5-7-4-8(12)2-3-9(7)11-6/h5,8,12H,2-4H2,1H3/t8-/m1/s1. The summed E-state index contributed by atoms with van der Waals surface area (Å²) in [6, 6.07) is 0. The number of fused-ring (bicyclic) bond motifs is 1. The van der Waals surface area contributed by atoms with E-state index >= 15 is 0 Å². The van der Waals surface area contributed by atoms with Crippen molar-refractivity contribution in [2.24, 2.45) is 0 Å². The van der Waals surface area contributed by atoms with Crippen molar-refractivity contribution in [2.75, 3.05) is 0 Å². The first-order valence-corrected chi connectivity index (χ1v) is 4.25. The minimum atomic E-state index is -0.191. The van der Waals surface area contributed by atoms with Crippen LogP contribution in [0.25, 0.3) is 0 Å². The molecule has 1 atom stereocenters. The Kier molecular flexibility index (Phi) is 1.81. The van der Waals surface area contributed by atoms with E-state index in [4.69, 9.17) is 0 Å². The predicted octanol–water partition coefficient (Wildman–Crippen LogP) is 0.635. The van der Waals surface area contributed by atoms with Crippen molar-refractivity contribution in [3.05, 3.63) is 23.3 Å². The molecule has 0 fully saturated rings. The largest absolute Gasteiger partial charge is 0.393 e. The third-order valence-electron chi connectivity index (χ3n) is 2.24. The monoisotopic (exact) mass is 164 g/mol. The minimum Gasteiger partial charge on any atom is -0.393 e. The van der Waals surface area contributed by atoms with Gasteiger partial charge < -0.3 is 5.11 Å². The lowest BCUT2D eigenvalue weighted by molar-refractivity contribution is 0.157. The van der Waals surface area contributed by atoms with E-state index in [1.165, 1.54) is 0 Å². The smallest absolute Gasteiger partial charge is 0.125 e. The molecule has 0 spiro atoms. The first kappa shape index (κ1) is 7.68. The maximum Gasteiger partial charge on any atom is 0.125 e. The summed E-state index contributed by atoms with van der Waals surface area (Å²) in [6.45, 7) is 1.89. The number of hydrogen-bond donors (Lipinski definition) is 1. The fourth-order valence-electron chi connectivity index (χ4n) is 1.59. The highest BCUT2D eigenvalue weighted by Gasteiger charge is 2.17. The molecular weight excluding hydrogens is 152 g/mol. The van der Waals surface area contributed by atoms with Gasteiger partial charge in [-0.25, -0.2) is 9.97 Å². The van der Waals surface area contributed by atoms with Crippen molar-refractivity contribution in [1.29, 1.82) is 0 Å². The summed E-state index contributed by atoms with van der Waals surface area (Å²) < 4.78 is 0. The van der Waals surface area contributed by atoms with Crippen molar-refractivity contribution in [2.45, 2.75) is 32.3 Å². The molecule has 1 aromatic heterocycles. The Morgan fingerprint density at radius 3 is 3.25 bits per heavy atom. The van der Waals surface area contributed by atoms with Crippen LogP contribution < -0.4 is 0 Å². The highest BCUT2D eigenvalue weighted by molar-refractivity contribution is 5.21. The van der Waals surface area contributed by atoms with Gasteiger partial charge in [0.2, 0.25) is 0 Å². The Hall–Kier alpha value is -0.960. The zero-order valence-corrected chi connectivity index (χ0v) is 7.12. The van der Waals surface area contributed by atoms with Crippen LogP contribution in [0.4, 0.5) is 0 Å². The van der Waals surface area contributed by atoms with Gasteiger partial charge in [-0.15, -0.1) is 0 Å². The number of rotatable bonds is 0. The van der Waals surface area contributed by atoms with Gasteiger partial charge in [0, 0.05) is 18.3 Å². The molecule has 0 radical (unpaired) electrons. The van der Waals surface area contributed by atoms with Gasteiger partial charge >= 0.3 is 0 Å². The average molecular weight is 164 g/mol. The first-order valence-electron chi connectivity index (χ1n) is 4.25. The van der Waals surface area contributed by atoms with Gasteiger partial charge in [-0.05, 0) is 25.3 Å². The molecule has 12 heavy (non-hydrogen) atoms. The molecule has 3 heteroatoms. The molecule has 1 aromatic rings. The van der Waals surface area contributed by atoms with Gasteiger partial charge in [0.05, 0.1) is 6.10 Å². The van der Waals surface area contributed by atoms with Crippen molar-refractivity contribution in [3.63, 3.8) is 0 Å². The zero-order valence-electron chi connectivity index (χ0n) is 7.12. The van der Waals surface area contributed by atoms with E-state index < -0.39 is 0 Å². The van der Waals surface area contributed by atoms with Crippen LogP contribution in [0.2, 0.25) is 0 Å². The highest BCUT2D eigenvalue weighted by Crippen LogP contribution is 2.18. The molecule has 0 aliphatic heterocycles. The summed E-state index contributed by atoms with van der Waals surface area (Å²) in [5.41, 5.74) is 2.23. The Bertz CT molecular complexity index is 299. The molecule has 64 valence electrons. The Morgan fingerprint density at radius 2 is 2.42 bits per heavy atom. The maximum atomic E-state index is 9.37. The van der Waals surface area contributed by atoms with Gasteiger partial charge in [-0.3, -0.25) is 0 Å². The summed E-state index contributed by atoms with van der Waals surface area (Å²) >= 11 is 0. The van der Waals surface area contributed by atoms with Crippen molar-refractivity contribution in [1.82, 2.24) is 9.97 Å².